The fourth-order valence-electron chi connectivity index (χ4n) is 2.26. The molecular weight excluding hydrogens is 518 g/mol. The third-order valence-corrected chi connectivity index (χ3v) is 4.56. The lowest BCUT2D eigenvalue weighted by Gasteiger charge is -2.14. The van der Waals surface area contributed by atoms with Crippen LogP contribution in [0.15, 0.2) is 39.3 Å². The van der Waals surface area contributed by atoms with E-state index in [1.807, 2.05) is 0 Å². The molecule has 0 aliphatic heterocycles. The van der Waals surface area contributed by atoms with Crippen LogP contribution in [0.4, 0.5) is 17.6 Å². The highest BCUT2D eigenvalue weighted by Gasteiger charge is 2.31. The minimum atomic E-state index is -4.94. The van der Waals surface area contributed by atoms with E-state index in [1.165, 1.54) is 0 Å². The molecule has 1 atom stereocenters. The molecule has 0 radical (unpaired) electrons. The van der Waals surface area contributed by atoms with Gasteiger partial charge in [-0.2, -0.15) is 0 Å². The third kappa shape index (κ3) is 6.64. The first-order chi connectivity index (χ1) is 12.9. The highest BCUT2D eigenvalue weighted by Crippen LogP contribution is 2.36. The van der Waals surface area contributed by atoms with E-state index in [1.54, 1.807) is 12.1 Å². The minimum absolute atomic E-state index is 0.0782. The van der Waals surface area contributed by atoms with Gasteiger partial charge < -0.3 is 20.3 Å². The Kier molecular flexibility index (Phi) is 7.29. The van der Waals surface area contributed by atoms with Gasteiger partial charge >= 0.3 is 12.3 Å². The van der Waals surface area contributed by atoms with Gasteiger partial charge in [0, 0.05) is 6.07 Å². The van der Waals surface area contributed by atoms with Crippen molar-refractivity contribution >= 4 is 37.8 Å². The Balaban J connectivity index is 2.15. The first-order valence-corrected chi connectivity index (χ1v) is 9.17. The smallest absolute Gasteiger partial charge is 0.487 e. The Morgan fingerprint density at radius 2 is 1.71 bits per heavy atom. The standard InChI is InChI=1S/C17H13Br2F4NO4/c18-12-3-8(5-14(24)16(25)26)4-13(19)15(12)27-7-9-1-10(20)6-11(2-9)28-17(21,22)23/h1-4,6,14H,5,7,24H2,(H,25,26). The molecule has 0 aliphatic rings. The summed E-state index contributed by atoms with van der Waals surface area (Å²) < 4.78 is 60.7. The number of carboxylic acids is 1. The average Bonchev–Trinajstić information content (AvgIpc) is 2.51. The molecule has 0 aliphatic carbocycles. The summed E-state index contributed by atoms with van der Waals surface area (Å²) in [6.45, 7) is -0.239. The fourth-order valence-corrected chi connectivity index (χ4v) is 3.77. The Labute approximate surface area is 173 Å². The van der Waals surface area contributed by atoms with E-state index in [0.29, 0.717) is 26.3 Å². The maximum absolute atomic E-state index is 13.5. The molecule has 0 amide bonds. The second-order valence-electron chi connectivity index (χ2n) is 5.67. The zero-order valence-electron chi connectivity index (χ0n) is 13.9. The molecule has 2 aromatic carbocycles. The summed E-state index contributed by atoms with van der Waals surface area (Å²) in [7, 11) is 0. The second-order valence-corrected chi connectivity index (χ2v) is 7.38. The van der Waals surface area contributed by atoms with Gasteiger partial charge in [-0.25, -0.2) is 4.39 Å². The number of carbonyl (C=O) groups is 1. The Morgan fingerprint density at radius 1 is 1.11 bits per heavy atom. The Hall–Kier alpha value is -1.85. The highest BCUT2D eigenvalue weighted by molar-refractivity contribution is 9.11. The van der Waals surface area contributed by atoms with E-state index >= 15 is 0 Å². The number of ether oxygens (including phenoxy) is 2. The molecule has 0 aromatic heterocycles. The number of benzene rings is 2. The predicted molar refractivity (Wildman–Crippen MR) is 98.6 cm³/mol. The van der Waals surface area contributed by atoms with Crippen LogP contribution in [0.2, 0.25) is 0 Å². The monoisotopic (exact) mass is 529 g/mol. The lowest BCUT2D eigenvalue weighted by molar-refractivity contribution is -0.274. The van der Waals surface area contributed by atoms with Gasteiger partial charge in [0.2, 0.25) is 0 Å². The maximum Gasteiger partial charge on any atom is 0.573 e. The Bertz CT molecular complexity index is 854. The molecule has 0 saturated carbocycles. The summed E-state index contributed by atoms with van der Waals surface area (Å²) in [6, 6.07) is 4.77. The Morgan fingerprint density at radius 3 is 2.25 bits per heavy atom. The van der Waals surface area contributed by atoms with E-state index in [2.05, 4.69) is 36.6 Å². The lowest BCUT2D eigenvalue weighted by atomic mass is 10.1. The average molecular weight is 531 g/mol. The minimum Gasteiger partial charge on any atom is -0.487 e. The highest BCUT2D eigenvalue weighted by atomic mass is 79.9. The molecule has 1 unspecified atom stereocenters. The summed E-state index contributed by atoms with van der Waals surface area (Å²) >= 11 is 6.55. The number of carboxylic acid groups (broad SMARTS) is 1. The largest absolute Gasteiger partial charge is 0.573 e. The number of nitrogens with two attached hydrogens (primary N) is 1. The fraction of sp³-hybridized carbons (Fsp3) is 0.235. The maximum atomic E-state index is 13.5. The van der Waals surface area contributed by atoms with E-state index in [-0.39, 0.29) is 18.6 Å². The molecule has 28 heavy (non-hydrogen) atoms. The molecular formula is C17H13Br2F4NO4. The molecule has 0 saturated heterocycles. The van der Waals surface area contributed by atoms with Crippen LogP contribution in [0.3, 0.4) is 0 Å². The molecule has 0 spiro atoms. The molecule has 0 fully saturated rings. The third-order valence-electron chi connectivity index (χ3n) is 3.38. The predicted octanol–water partition coefficient (Wildman–Crippen LogP) is 4.78. The quantitative estimate of drug-likeness (QED) is 0.503. The normalized spacial score (nSPS) is 12.5. The molecule has 152 valence electrons. The van der Waals surface area contributed by atoms with Crippen LogP contribution in [0.1, 0.15) is 11.1 Å². The number of hydrogen-bond acceptors (Lipinski definition) is 4. The lowest BCUT2D eigenvalue weighted by Crippen LogP contribution is -2.32. The van der Waals surface area contributed by atoms with Crippen LogP contribution in [-0.4, -0.2) is 23.5 Å². The van der Waals surface area contributed by atoms with Crippen molar-refractivity contribution < 1.29 is 36.9 Å². The van der Waals surface area contributed by atoms with Crippen molar-refractivity contribution in [2.75, 3.05) is 0 Å². The molecule has 11 heteroatoms. The zero-order valence-corrected chi connectivity index (χ0v) is 17.1. The van der Waals surface area contributed by atoms with E-state index in [4.69, 9.17) is 15.6 Å². The number of halogens is 6. The van der Waals surface area contributed by atoms with Gasteiger partial charge in [-0.05, 0) is 73.7 Å². The van der Waals surface area contributed by atoms with Crippen molar-refractivity contribution in [2.24, 2.45) is 5.73 Å². The summed E-state index contributed by atoms with van der Waals surface area (Å²) in [4.78, 5) is 10.9. The molecule has 3 N–H and O–H groups in total. The SMILES string of the molecule is NC(Cc1cc(Br)c(OCc2cc(F)cc(OC(F)(F)F)c2)c(Br)c1)C(=O)O. The van der Waals surface area contributed by atoms with Gasteiger partial charge in [0.05, 0.1) is 8.95 Å². The van der Waals surface area contributed by atoms with Crippen molar-refractivity contribution in [1.82, 2.24) is 0 Å². The number of hydrogen-bond donors (Lipinski definition) is 2. The van der Waals surface area contributed by atoms with Crippen molar-refractivity contribution in [3.63, 3.8) is 0 Å². The summed E-state index contributed by atoms with van der Waals surface area (Å²) in [5.74, 6) is -2.44. The van der Waals surface area contributed by atoms with Crippen molar-refractivity contribution in [3.8, 4) is 11.5 Å². The van der Waals surface area contributed by atoms with Crippen LogP contribution in [0.5, 0.6) is 11.5 Å². The van der Waals surface area contributed by atoms with E-state index < -0.39 is 29.9 Å². The first kappa shape index (κ1) is 22.4. The molecule has 5 nitrogen and oxygen atoms in total. The molecule has 0 bridgehead atoms. The zero-order chi connectivity index (χ0) is 21.1. The molecule has 0 heterocycles. The summed E-state index contributed by atoms with van der Waals surface area (Å²) in [5, 5.41) is 8.88. The number of rotatable bonds is 7. The van der Waals surface area contributed by atoms with Crippen LogP contribution < -0.4 is 15.2 Å². The van der Waals surface area contributed by atoms with Gasteiger partial charge in [-0.1, -0.05) is 0 Å². The van der Waals surface area contributed by atoms with Crippen molar-refractivity contribution in [2.45, 2.75) is 25.4 Å². The van der Waals surface area contributed by atoms with Gasteiger partial charge in [0.15, 0.2) is 0 Å². The molecule has 2 aromatic rings. The van der Waals surface area contributed by atoms with Crippen LogP contribution in [0.25, 0.3) is 0 Å². The number of alkyl halides is 3. The number of aliphatic carboxylic acids is 1. The van der Waals surface area contributed by atoms with Gasteiger partial charge in [0.1, 0.15) is 30.0 Å². The second kappa shape index (κ2) is 9.10. The first-order valence-electron chi connectivity index (χ1n) is 7.59. The van der Waals surface area contributed by atoms with Crippen LogP contribution >= 0.6 is 31.9 Å². The van der Waals surface area contributed by atoms with Crippen molar-refractivity contribution in [1.29, 1.82) is 0 Å². The van der Waals surface area contributed by atoms with Crippen LogP contribution in [0, 0.1) is 5.82 Å². The topological polar surface area (TPSA) is 81.8 Å². The summed E-state index contributed by atoms with van der Waals surface area (Å²) in [5.41, 5.74) is 6.24. The van der Waals surface area contributed by atoms with Gasteiger partial charge in [-0.15, -0.1) is 13.2 Å². The summed E-state index contributed by atoms with van der Waals surface area (Å²) in [6.07, 6.45) is -4.86. The molecule has 2 rings (SSSR count). The van der Waals surface area contributed by atoms with Crippen molar-refractivity contribution in [3.05, 3.63) is 56.2 Å². The van der Waals surface area contributed by atoms with Gasteiger partial charge in [-0.3, -0.25) is 4.79 Å². The van der Waals surface area contributed by atoms with E-state index in [0.717, 1.165) is 12.1 Å². The van der Waals surface area contributed by atoms with Gasteiger partial charge in [0.25, 0.3) is 0 Å². The van der Waals surface area contributed by atoms with Crippen LogP contribution in [-0.2, 0) is 17.8 Å². The van der Waals surface area contributed by atoms with E-state index in [9.17, 15) is 22.4 Å².